The molecule has 14 heavy (non-hydrogen) atoms. The highest BCUT2D eigenvalue weighted by Gasteiger charge is 2.27. The fourth-order valence-corrected chi connectivity index (χ4v) is 1.45. The number of H-pyrrole nitrogens is 1. The summed E-state index contributed by atoms with van der Waals surface area (Å²) in [5, 5.41) is 12.1. The Balaban J connectivity index is 2.03. The number of aromatic amines is 1. The van der Waals surface area contributed by atoms with Crippen molar-refractivity contribution in [3.63, 3.8) is 0 Å². The van der Waals surface area contributed by atoms with E-state index in [-0.39, 0.29) is 22.7 Å². The van der Waals surface area contributed by atoms with Crippen molar-refractivity contribution in [2.24, 2.45) is 0 Å². The SMILES string of the molecule is O=c1[nH]c(NC2CC(O)C2)ncc1Cl. The number of halogens is 1. The van der Waals surface area contributed by atoms with Crippen molar-refractivity contribution >= 4 is 17.5 Å². The van der Waals surface area contributed by atoms with E-state index in [2.05, 4.69) is 15.3 Å². The van der Waals surface area contributed by atoms with Gasteiger partial charge in [-0.05, 0) is 12.8 Å². The lowest BCUT2D eigenvalue weighted by molar-refractivity contribution is 0.0834. The molecule has 0 saturated heterocycles. The molecule has 3 N–H and O–H groups in total. The normalized spacial score (nSPS) is 25.6. The number of nitrogens with zero attached hydrogens (tertiary/aromatic N) is 1. The summed E-state index contributed by atoms with van der Waals surface area (Å²) in [6, 6.07) is 0.189. The largest absolute Gasteiger partial charge is 0.393 e. The van der Waals surface area contributed by atoms with Gasteiger partial charge in [-0.3, -0.25) is 9.78 Å². The van der Waals surface area contributed by atoms with E-state index >= 15 is 0 Å². The fourth-order valence-electron chi connectivity index (χ4n) is 1.35. The van der Waals surface area contributed by atoms with E-state index in [0.29, 0.717) is 18.8 Å². The van der Waals surface area contributed by atoms with Crippen LogP contribution in [-0.2, 0) is 0 Å². The minimum atomic E-state index is -0.357. The van der Waals surface area contributed by atoms with Crippen LogP contribution in [0.5, 0.6) is 0 Å². The standard InChI is InChI=1S/C8H10ClN3O2/c9-6-3-10-8(12-7(6)14)11-4-1-5(13)2-4/h3-5,13H,1-2H2,(H2,10,11,12,14). The molecule has 1 aliphatic carbocycles. The molecular formula is C8H10ClN3O2. The van der Waals surface area contributed by atoms with Crippen LogP contribution in [0, 0.1) is 0 Å². The van der Waals surface area contributed by atoms with Gasteiger partial charge in [-0.15, -0.1) is 0 Å². The molecule has 1 aliphatic rings. The van der Waals surface area contributed by atoms with Crippen molar-refractivity contribution in [2.45, 2.75) is 25.0 Å². The molecule has 5 nitrogen and oxygen atoms in total. The van der Waals surface area contributed by atoms with Crippen LogP contribution in [0.15, 0.2) is 11.0 Å². The Hall–Kier alpha value is -1.07. The van der Waals surface area contributed by atoms with Crippen LogP contribution < -0.4 is 10.9 Å². The highest BCUT2D eigenvalue weighted by atomic mass is 35.5. The number of aromatic nitrogens is 2. The number of anilines is 1. The van der Waals surface area contributed by atoms with Crippen LogP contribution in [0.1, 0.15) is 12.8 Å². The Bertz CT molecular complexity index is 386. The first-order valence-corrected chi connectivity index (χ1v) is 4.72. The molecule has 0 atom stereocenters. The van der Waals surface area contributed by atoms with Gasteiger partial charge in [-0.2, -0.15) is 0 Å². The molecule has 2 rings (SSSR count). The third-order valence-electron chi connectivity index (χ3n) is 2.21. The lowest BCUT2D eigenvalue weighted by atomic mass is 9.90. The summed E-state index contributed by atoms with van der Waals surface area (Å²) < 4.78 is 0. The molecule has 1 saturated carbocycles. The first kappa shape index (κ1) is 9.48. The van der Waals surface area contributed by atoms with E-state index in [9.17, 15) is 4.79 Å². The predicted octanol–water partition coefficient (Wildman–Crippen LogP) is 0.358. The number of hydrogen-bond donors (Lipinski definition) is 3. The van der Waals surface area contributed by atoms with Gasteiger partial charge in [0.25, 0.3) is 5.56 Å². The maximum Gasteiger partial charge on any atom is 0.271 e. The van der Waals surface area contributed by atoms with Crippen molar-refractivity contribution in [1.82, 2.24) is 9.97 Å². The van der Waals surface area contributed by atoms with Gasteiger partial charge >= 0.3 is 0 Å². The summed E-state index contributed by atoms with van der Waals surface area (Å²) in [5.74, 6) is 0.399. The topological polar surface area (TPSA) is 78.0 Å². The van der Waals surface area contributed by atoms with Crippen LogP contribution in [0.4, 0.5) is 5.95 Å². The zero-order chi connectivity index (χ0) is 10.1. The zero-order valence-corrected chi connectivity index (χ0v) is 8.08. The number of hydrogen-bond acceptors (Lipinski definition) is 4. The Morgan fingerprint density at radius 3 is 2.93 bits per heavy atom. The van der Waals surface area contributed by atoms with Gasteiger partial charge in [0.2, 0.25) is 5.95 Å². The van der Waals surface area contributed by atoms with Crippen LogP contribution in [0.2, 0.25) is 5.02 Å². The van der Waals surface area contributed by atoms with E-state index in [1.165, 1.54) is 6.20 Å². The van der Waals surface area contributed by atoms with Crippen LogP contribution in [0.3, 0.4) is 0 Å². The highest BCUT2D eigenvalue weighted by Crippen LogP contribution is 2.22. The maximum atomic E-state index is 11.1. The van der Waals surface area contributed by atoms with Gasteiger partial charge in [-0.25, -0.2) is 4.98 Å². The third-order valence-corrected chi connectivity index (χ3v) is 2.48. The first-order valence-electron chi connectivity index (χ1n) is 4.34. The lowest BCUT2D eigenvalue weighted by Crippen LogP contribution is -2.39. The Morgan fingerprint density at radius 1 is 1.64 bits per heavy atom. The second-order valence-electron chi connectivity index (χ2n) is 3.38. The summed E-state index contributed by atoms with van der Waals surface area (Å²) in [7, 11) is 0. The molecule has 1 aromatic rings. The zero-order valence-electron chi connectivity index (χ0n) is 7.33. The maximum absolute atomic E-state index is 11.1. The summed E-state index contributed by atoms with van der Waals surface area (Å²) in [6.07, 6.45) is 2.45. The predicted molar refractivity (Wildman–Crippen MR) is 52.5 cm³/mol. The minimum absolute atomic E-state index is 0.0733. The number of nitrogens with one attached hydrogen (secondary N) is 2. The molecule has 0 spiro atoms. The van der Waals surface area contributed by atoms with Crippen molar-refractivity contribution < 1.29 is 5.11 Å². The lowest BCUT2D eigenvalue weighted by Gasteiger charge is -2.31. The molecule has 0 unspecified atom stereocenters. The molecule has 0 amide bonds. The van der Waals surface area contributed by atoms with Crippen LogP contribution >= 0.6 is 11.6 Å². The van der Waals surface area contributed by atoms with Gasteiger partial charge in [0.05, 0.1) is 12.3 Å². The van der Waals surface area contributed by atoms with E-state index in [1.54, 1.807) is 0 Å². The molecule has 0 radical (unpaired) electrons. The van der Waals surface area contributed by atoms with E-state index in [0.717, 1.165) is 0 Å². The molecular weight excluding hydrogens is 206 g/mol. The molecule has 0 bridgehead atoms. The highest BCUT2D eigenvalue weighted by molar-refractivity contribution is 6.30. The van der Waals surface area contributed by atoms with Gasteiger partial charge in [0.15, 0.2) is 0 Å². The van der Waals surface area contributed by atoms with E-state index in [4.69, 9.17) is 16.7 Å². The van der Waals surface area contributed by atoms with Gasteiger partial charge in [0, 0.05) is 6.04 Å². The summed E-state index contributed by atoms with van der Waals surface area (Å²) >= 11 is 5.51. The number of rotatable bonds is 2. The van der Waals surface area contributed by atoms with Crippen molar-refractivity contribution in [3.05, 3.63) is 21.6 Å². The van der Waals surface area contributed by atoms with E-state index < -0.39 is 0 Å². The quantitative estimate of drug-likeness (QED) is 0.666. The van der Waals surface area contributed by atoms with E-state index in [1.807, 2.05) is 0 Å². The minimum Gasteiger partial charge on any atom is -0.393 e. The molecule has 1 heterocycles. The third kappa shape index (κ3) is 1.88. The van der Waals surface area contributed by atoms with Crippen molar-refractivity contribution in [3.8, 4) is 0 Å². The van der Waals surface area contributed by atoms with Crippen molar-refractivity contribution in [2.75, 3.05) is 5.32 Å². The smallest absolute Gasteiger partial charge is 0.271 e. The number of aliphatic hydroxyl groups is 1. The average molecular weight is 216 g/mol. The first-order chi connectivity index (χ1) is 6.65. The monoisotopic (exact) mass is 215 g/mol. The van der Waals surface area contributed by atoms with Crippen LogP contribution in [-0.4, -0.2) is 27.2 Å². The Morgan fingerprint density at radius 2 is 2.36 bits per heavy atom. The molecule has 1 fully saturated rings. The van der Waals surface area contributed by atoms with Crippen LogP contribution in [0.25, 0.3) is 0 Å². The Labute approximate surface area is 85.1 Å². The average Bonchev–Trinajstić information content (AvgIpc) is 2.09. The van der Waals surface area contributed by atoms with Gasteiger partial charge in [-0.1, -0.05) is 11.6 Å². The molecule has 76 valence electrons. The summed E-state index contributed by atoms with van der Waals surface area (Å²) in [5.41, 5.74) is -0.357. The number of aliphatic hydroxyl groups excluding tert-OH is 1. The second-order valence-corrected chi connectivity index (χ2v) is 3.78. The molecule has 0 aliphatic heterocycles. The molecule has 6 heteroatoms. The second kappa shape index (κ2) is 3.59. The summed E-state index contributed by atoms with van der Waals surface area (Å²) in [4.78, 5) is 17.5. The summed E-state index contributed by atoms with van der Waals surface area (Å²) in [6.45, 7) is 0. The van der Waals surface area contributed by atoms with Gasteiger partial charge in [0.1, 0.15) is 5.02 Å². The molecule has 1 aromatic heterocycles. The molecule has 0 aromatic carbocycles. The Kier molecular flexibility index (Phi) is 2.43. The fraction of sp³-hybridized carbons (Fsp3) is 0.500. The van der Waals surface area contributed by atoms with Gasteiger partial charge < -0.3 is 10.4 Å². The van der Waals surface area contributed by atoms with Crippen molar-refractivity contribution in [1.29, 1.82) is 0 Å².